The molecule has 2 heterocycles. The number of aromatic nitrogens is 4. The van der Waals surface area contributed by atoms with Crippen LogP contribution in [0.1, 0.15) is 17.5 Å². The number of carbonyl (C=O) groups is 1. The van der Waals surface area contributed by atoms with Crippen LogP contribution in [0.15, 0.2) is 47.6 Å². The molecule has 136 valence electrons. The Morgan fingerprint density at radius 1 is 1.11 bits per heavy atom. The number of fused-ring (bicyclic) bond motifs is 3. The number of nitrogens with zero attached hydrogens (tertiary/aromatic N) is 3. The summed E-state index contributed by atoms with van der Waals surface area (Å²) in [4.78, 5) is 19.9. The molecule has 0 atom stereocenters. The average molecular weight is 377 g/mol. The highest BCUT2D eigenvalue weighted by molar-refractivity contribution is 7.99. The van der Waals surface area contributed by atoms with Gasteiger partial charge < -0.3 is 10.3 Å². The summed E-state index contributed by atoms with van der Waals surface area (Å²) in [6.07, 6.45) is 0.381. The summed E-state index contributed by atoms with van der Waals surface area (Å²) >= 11 is 1.42. The van der Waals surface area contributed by atoms with E-state index in [1.165, 1.54) is 11.8 Å². The quantitative estimate of drug-likeness (QED) is 0.508. The summed E-state index contributed by atoms with van der Waals surface area (Å²) in [5, 5.41) is 13.0. The lowest BCUT2D eigenvalue weighted by molar-refractivity contribution is -0.115. The van der Waals surface area contributed by atoms with Crippen LogP contribution in [0.2, 0.25) is 0 Å². The third-order valence-corrected chi connectivity index (χ3v) is 5.01. The zero-order valence-corrected chi connectivity index (χ0v) is 15.9. The maximum absolute atomic E-state index is 12.2. The molecule has 0 aliphatic rings. The highest BCUT2D eigenvalue weighted by Crippen LogP contribution is 2.23. The Morgan fingerprint density at radius 2 is 1.89 bits per heavy atom. The minimum atomic E-state index is -0.0212. The number of rotatable bonds is 5. The lowest BCUT2D eigenvalue weighted by Gasteiger charge is -2.07. The molecule has 4 aromatic rings. The average Bonchev–Trinajstić information content (AvgIpc) is 2.98. The topological polar surface area (TPSA) is 83.6 Å². The van der Waals surface area contributed by atoms with E-state index in [0.717, 1.165) is 33.2 Å². The second-order valence-electron chi connectivity index (χ2n) is 6.49. The molecule has 0 saturated heterocycles. The molecule has 0 spiro atoms. The predicted molar refractivity (Wildman–Crippen MR) is 109 cm³/mol. The second kappa shape index (κ2) is 7.36. The molecule has 4 rings (SSSR count). The number of anilines is 1. The third kappa shape index (κ3) is 3.93. The van der Waals surface area contributed by atoms with Crippen LogP contribution in [0.4, 0.5) is 5.69 Å². The molecule has 0 radical (unpaired) electrons. The van der Waals surface area contributed by atoms with Gasteiger partial charge in [0.25, 0.3) is 0 Å². The highest BCUT2D eigenvalue weighted by atomic mass is 32.2. The smallest absolute Gasteiger partial charge is 0.225 e. The van der Waals surface area contributed by atoms with Crippen LogP contribution >= 0.6 is 11.8 Å². The van der Waals surface area contributed by atoms with Gasteiger partial charge in [-0.05, 0) is 43.2 Å². The molecule has 27 heavy (non-hydrogen) atoms. The van der Waals surface area contributed by atoms with Crippen molar-refractivity contribution < 1.29 is 4.79 Å². The Labute approximate surface area is 160 Å². The number of hydrogen-bond acceptors (Lipinski definition) is 5. The molecule has 7 heteroatoms. The van der Waals surface area contributed by atoms with Gasteiger partial charge in [0.2, 0.25) is 11.1 Å². The number of H-pyrrole nitrogens is 1. The first-order chi connectivity index (χ1) is 13.1. The fourth-order valence-electron chi connectivity index (χ4n) is 3.07. The molecule has 6 nitrogen and oxygen atoms in total. The minimum Gasteiger partial charge on any atom is -0.338 e. The van der Waals surface area contributed by atoms with Crippen LogP contribution in [0, 0.1) is 13.8 Å². The Balaban J connectivity index is 1.38. The van der Waals surface area contributed by atoms with Gasteiger partial charge in [0.15, 0.2) is 5.65 Å². The van der Waals surface area contributed by atoms with Crippen molar-refractivity contribution >= 4 is 45.4 Å². The lowest BCUT2D eigenvalue weighted by atomic mass is 10.1. The summed E-state index contributed by atoms with van der Waals surface area (Å²) in [7, 11) is 0. The molecule has 2 aromatic carbocycles. The van der Waals surface area contributed by atoms with Gasteiger partial charge in [-0.3, -0.25) is 4.79 Å². The van der Waals surface area contributed by atoms with Crippen LogP contribution in [0.25, 0.3) is 22.1 Å². The summed E-state index contributed by atoms with van der Waals surface area (Å²) in [5.74, 6) is 0.566. The number of aromatic amines is 1. The largest absolute Gasteiger partial charge is 0.338 e. The fraction of sp³-hybridized carbons (Fsp3) is 0.200. The van der Waals surface area contributed by atoms with E-state index in [4.69, 9.17) is 0 Å². The normalized spacial score (nSPS) is 11.2. The first kappa shape index (κ1) is 17.5. The number of benzene rings is 2. The van der Waals surface area contributed by atoms with Gasteiger partial charge in [0.05, 0.1) is 0 Å². The Bertz CT molecular complexity index is 1120. The number of nitrogens with one attached hydrogen (secondary N) is 2. The van der Waals surface area contributed by atoms with E-state index in [1.54, 1.807) is 0 Å². The molecule has 1 amide bonds. The summed E-state index contributed by atoms with van der Waals surface area (Å²) in [6.45, 7) is 4.03. The SMILES string of the molecule is Cc1cc(C)cc(NC(=O)CCSc2nnc3c(n2)[nH]c2ccccc23)c1. The van der Waals surface area contributed by atoms with Crippen molar-refractivity contribution in [1.82, 2.24) is 20.2 Å². The van der Waals surface area contributed by atoms with E-state index in [9.17, 15) is 4.79 Å². The molecule has 0 aliphatic heterocycles. The zero-order chi connectivity index (χ0) is 18.8. The lowest BCUT2D eigenvalue weighted by Crippen LogP contribution is -2.12. The van der Waals surface area contributed by atoms with E-state index in [-0.39, 0.29) is 5.91 Å². The van der Waals surface area contributed by atoms with Gasteiger partial charge in [0, 0.05) is 28.8 Å². The van der Waals surface area contributed by atoms with Crippen molar-refractivity contribution in [3.63, 3.8) is 0 Å². The monoisotopic (exact) mass is 377 g/mol. The molecule has 2 N–H and O–H groups in total. The van der Waals surface area contributed by atoms with Crippen LogP contribution in [-0.4, -0.2) is 31.8 Å². The molecular formula is C20H19N5OS. The number of hydrogen-bond donors (Lipinski definition) is 2. The van der Waals surface area contributed by atoms with Gasteiger partial charge in [-0.2, -0.15) is 0 Å². The fourth-order valence-corrected chi connectivity index (χ4v) is 3.80. The van der Waals surface area contributed by atoms with Gasteiger partial charge in [0.1, 0.15) is 5.52 Å². The second-order valence-corrected chi connectivity index (χ2v) is 7.55. The molecule has 0 saturated carbocycles. The van der Waals surface area contributed by atoms with Crippen molar-refractivity contribution in [3.8, 4) is 0 Å². The van der Waals surface area contributed by atoms with Crippen LogP contribution in [0.3, 0.4) is 0 Å². The Morgan fingerprint density at radius 3 is 2.70 bits per heavy atom. The number of carbonyl (C=O) groups excluding carboxylic acids is 1. The van der Waals surface area contributed by atoms with Crippen molar-refractivity contribution in [3.05, 3.63) is 53.6 Å². The van der Waals surface area contributed by atoms with E-state index in [1.807, 2.05) is 50.2 Å². The molecule has 0 bridgehead atoms. The predicted octanol–water partition coefficient (Wildman–Crippen LogP) is 4.24. The summed E-state index contributed by atoms with van der Waals surface area (Å²) in [5.41, 5.74) is 5.57. The molecule has 0 fully saturated rings. The van der Waals surface area contributed by atoms with Crippen molar-refractivity contribution in [2.24, 2.45) is 0 Å². The maximum atomic E-state index is 12.2. The van der Waals surface area contributed by atoms with Crippen LogP contribution in [0.5, 0.6) is 0 Å². The number of amides is 1. The van der Waals surface area contributed by atoms with E-state index < -0.39 is 0 Å². The van der Waals surface area contributed by atoms with Crippen LogP contribution < -0.4 is 5.32 Å². The Kier molecular flexibility index (Phi) is 4.77. The third-order valence-electron chi connectivity index (χ3n) is 4.17. The summed E-state index contributed by atoms with van der Waals surface area (Å²) in [6, 6.07) is 13.9. The Hall–Kier alpha value is -2.93. The van der Waals surface area contributed by atoms with Gasteiger partial charge in [-0.1, -0.05) is 36.0 Å². The van der Waals surface area contributed by atoms with Crippen LogP contribution in [-0.2, 0) is 4.79 Å². The highest BCUT2D eigenvalue weighted by Gasteiger charge is 2.10. The first-order valence-corrected chi connectivity index (χ1v) is 9.69. The number of aryl methyl sites for hydroxylation is 2. The maximum Gasteiger partial charge on any atom is 0.225 e. The first-order valence-electron chi connectivity index (χ1n) is 8.70. The van der Waals surface area contributed by atoms with E-state index >= 15 is 0 Å². The standard InChI is InChI=1S/C20H19N5OS/c1-12-9-13(2)11-14(10-12)21-17(26)7-8-27-20-23-19-18(24-25-20)15-5-3-4-6-16(15)22-19/h3-6,9-11H,7-8H2,1-2H3,(H,21,26)(H,22,23,25). The molecule has 0 aliphatic carbocycles. The summed E-state index contributed by atoms with van der Waals surface area (Å²) < 4.78 is 0. The zero-order valence-electron chi connectivity index (χ0n) is 15.1. The van der Waals surface area contributed by atoms with Gasteiger partial charge >= 0.3 is 0 Å². The van der Waals surface area contributed by atoms with E-state index in [0.29, 0.717) is 23.0 Å². The van der Waals surface area contributed by atoms with Crippen molar-refractivity contribution in [2.75, 3.05) is 11.1 Å². The number of para-hydroxylation sites is 1. The van der Waals surface area contributed by atoms with Crippen molar-refractivity contribution in [1.29, 1.82) is 0 Å². The molecule has 2 aromatic heterocycles. The molecule has 0 unspecified atom stereocenters. The van der Waals surface area contributed by atoms with Gasteiger partial charge in [-0.25, -0.2) is 4.98 Å². The van der Waals surface area contributed by atoms with E-state index in [2.05, 4.69) is 31.5 Å². The minimum absolute atomic E-state index is 0.0212. The molecular weight excluding hydrogens is 358 g/mol. The van der Waals surface area contributed by atoms with Gasteiger partial charge in [-0.15, -0.1) is 10.2 Å². The number of thioether (sulfide) groups is 1. The van der Waals surface area contributed by atoms with Crippen molar-refractivity contribution in [2.45, 2.75) is 25.4 Å².